The SMILES string of the molecule is COc1ccc(COCCC[C@H]2OC(=O)N3C[C@@H](OCc4ccccc4)[C@@H](OCc4ccccc4)[C@@H]23)cc1. The predicted octanol–water partition coefficient (Wildman–Crippen LogP) is 5.37. The molecule has 4 atom stereocenters. The number of ether oxygens (including phenoxy) is 5. The van der Waals surface area contributed by atoms with E-state index in [1.165, 1.54) is 0 Å². The molecule has 0 radical (unpaired) electrons. The van der Waals surface area contributed by atoms with Crippen molar-refractivity contribution in [2.24, 2.45) is 0 Å². The molecule has 3 aromatic rings. The van der Waals surface area contributed by atoms with Crippen LogP contribution in [0.5, 0.6) is 5.75 Å². The number of hydrogen-bond donors (Lipinski definition) is 0. The molecule has 7 heteroatoms. The van der Waals surface area contributed by atoms with Crippen LogP contribution in [0.4, 0.5) is 4.79 Å². The highest BCUT2D eigenvalue weighted by atomic mass is 16.6. The third kappa shape index (κ3) is 6.54. The van der Waals surface area contributed by atoms with Gasteiger partial charge in [0.15, 0.2) is 0 Å². The highest BCUT2D eigenvalue weighted by molar-refractivity contribution is 5.71. The van der Waals surface area contributed by atoms with Crippen molar-refractivity contribution in [2.75, 3.05) is 20.3 Å². The standard InChI is InChI=1S/C31H35NO6/c1-34-26-16-14-25(15-17-26)20-35-18-8-13-27-29-30(37-22-24-11-6-3-7-12-24)28(19-32(29)31(33)38-27)36-21-23-9-4-2-5-10-23/h2-7,9-12,14-17,27-30H,8,13,18-22H2,1H3/t27-,28-,29-,30-/m1/s1. The van der Waals surface area contributed by atoms with E-state index in [0.29, 0.717) is 39.4 Å². The first-order chi connectivity index (χ1) is 18.7. The summed E-state index contributed by atoms with van der Waals surface area (Å²) < 4.78 is 29.6. The molecule has 2 fully saturated rings. The van der Waals surface area contributed by atoms with Gasteiger partial charge in [-0.3, -0.25) is 4.90 Å². The molecule has 2 aliphatic heterocycles. The van der Waals surface area contributed by atoms with E-state index in [-0.39, 0.29) is 30.4 Å². The van der Waals surface area contributed by atoms with Gasteiger partial charge in [0.1, 0.15) is 30.1 Å². The van der Waals surface area contributed by atoms with Gasteiger partial charge in [0, 0.05) is 6.61 Å². The molecular weight excluding hydrogens is 482 g/mol. The topological polar surface area (TPSA) is 66.5 Å². The second kappa shape index (κ2) is 12.9. The van der Waals surface area contributed by atoms with E-state index >= 15 is 0 Å². The summed E-state index contributed by atoms with van der Waals surface area (Å²) in [6, 6.07) is 27.8. The minimum atomic E-state index is -0.293. The van der Waals surface area contributed by atoms with Gasteiger partial charge in [-0.25, -0.2) is 4.79 Å². The number of carbonyl (C=O) groups is 1. The molecule has 0 aliphatic carbocycles. The summed E-state index contributed by atoms with van der Waals surface area (Å²) in [5, 5.41) is 0. The van der Waals surface area contributed by atoms with Crippen molar-refractivity contribution in [3.63, 3.8) is 0 Å². The Morgan fingerprint density at radius 2 is 1.45 bits per heavy atom. The van der Waals surface area contributed by atoms with Gasteiger partial charge in [0.2, 0.25) is 0 Å². The molecule has 0 aromatic heterocycles. The lowest BCUT2D eigenvalue weighted by atomic mass is 10.0. The first kappa shape index (κ1) is 26.2. The maximum Gasteiger partial charge on any atom is 0.410 e. The lowest BCUT2D eigenvalue weighted by Crippen LogP contribution is -2.42. The lowest BCUT2D eigenvalue weighted by molar-refractivity contribution is -0.0811. The Labute approximate surface area is 224 Å². The van der Waals surface area contributed by atoms with Crippen molar-refractivity contribution >= 4 is 6.09 Å². The molecule has 3 aromatic carbocycles. The van der Waals surface area contributed by atoms with Crippen LogP contribution in [-0.2, 0) is 38.8 Å². The second-order valence-corrected chi connectivity index (χ2v) is 9.70. The second-order valence-electron chi connectivity index (χ2n) is 9.70. The van der Waals surface area contributed by atoms with E-state index < -0.39 is 0 Å². The zero-order valence-corrected chi connectivity index (χ0v) is 21.7. The Morgan fingerprint density at radius 1 is 0.816 bits per heavy atom. The minimum absolute atomic E-state index is 0.187. The van der Waals surface area contributed by atoms with Crippen LogP contribution in [0.25, 0.3) is 0 Å². The molecule has 5 rings (SSSR count). The van der Waals surface area contributed by atoms with Gasteiger partial charge in [0.05, 0.1) is 33.5 Å². The summed E-state index contributed by atoms with van der Waals surface area (Å²) in [5.74, 6) is 0.827. The minimum Gasteiger partial charge on any atom is -0.497 e. The number of carbonyl (C=O) groups excluding carboxylic acids is 1. The third-order valence-corrected chi connectivity index (χ3v) is 7.10. The fourth-order valence-electron chi connectivity index (χ4n) is 5.12. The van der Waals surface area contributed by atoms with Crippen LogP contribution in [-0.4, -0.2) is 55.6 Å². The summed E-state index contributed by atoms with van der Waals surface area (Å²) >= 11 is 0. The van der Waals surface area contributed by atoms with E-state index in [2.05, 4.69) is 0 Å². The average Bonchev–Trinajstić information content (AvgIpc) is 3.48. The van der Waals surface area contributed by atoms with Crippen LogP contribution in [0.2, 0.25) is 0 Å². The van der Waals surface area contributed by atoms with Crippen molar-refractivity contribution in [3.8, 4) is 5.75 Å². The van der Waals surface area contributed by atoms with Crippen LogP contribution in [0.15, 0.2) is 84.9 Å². The van der Waals surface area contributed by atoms with E-state index in [9.17, 15) is 4.79 Å². The van der Waals surface area contributed by atoms with Gasteiger partial charge in [-0.15, -0.1) is 0 Å². The number of cyclic esters (lactones) is 1. The Bertz CT molecular complexity index is 1140. The molecule has 7 nitrogen and oxygen atoms in total. The van der Waals surface area contributed by atoms with Crippen LogP contribution < -0.4 is 4.74 Å². The summed E-state index contributed by atoms with van der Waals surface area (Å²) in [4.78, 5) is 14.6. The van der Waals surface area contributed by atoms with Gasteiger partial charge in [-0.1, -0.05) is 72.8 Å². The van der Waals surface area contributed by atoms with Crippen molar-refractivity contribution in [3.05, 3.63) is 102 Å². The van der Waals surface area contributed by atoms with Crippen LogP contribution in [0.3, 0.4) is 0 Å². The number of hydrogen-bond acceptors (Lipinski definition) is 6. The maximum atomic E-state index is 12.8. The van der Waals surface area contributed by atoms with E-state index in [0.717, 1.165) is 28.9 Å². The Hall–Kier alpha value is -3.39. The fourth-order valence-corrected chi connectivity index (χ4v) is 5.12. The number of nitrogens with zero attached hydrogens (tertiary/aromatic N) is 1. The number of methoxy groups -OCH3 is 1. The normalized spacial score (nSPS) is 22.3. The van der Waals surface area contributed by atoms with Crippen molar-refractivity contribution < 1.29 is 28.5 Å². The number of rotatable bonds is 13. The molecule has 2 aliphatic rings. The summed E-state index contributed by atoms with van der Waals surface area (Å²) in [6.45, 7) is 2.49. The Balaban J connectivity index is 1.18. The van der Waals surface area contributed by atoms with E-state index in [1.807, 2.05) is 84.9 Å². The predicted molar refractivity (Wildman–Crippen MR) is 143 cm³/mol. The van der Waals surface area contributed by atoms with Gasteiger partial charge in [0.25, 0.3) is 0 Å². The molecule has 0 spiro atoms. The van der Waals surface area contributed by atoms with Gasteiger partial charge >= 0.3 is 6.09 Å². The van der Waals surface area contributed by atoms with E-state index in [1.54, 1.807) is 12.0 Å². The quantitative estimate of drug-likeness (QED) is 0.284. The molecule has 1 amide bonds. The Kier molecular flexibility index (Phi) is 8.91. The van der Waals surface area contributed by atoms with Crippen LogP contribution >= 0.6 is 0 Å². The van der Waals surface area contributed by atoms with Crippen molar-refractivity contribution in [2.45, 2.75) is 57.0 Å². The lowest BCUT2D eigenvalue weighted by Gasteiger charge is -2.26. The van der Waals surface area contributed by atoms with Crippen molar-refractivity contribution in [1.29, 1.82) is 0 Å². The van der Waals surface area contributed by atoms with Gasteiger partial charge in [-0.2, -0.15) is 0 Å². The molecule has 200 valence electrons. The molecule has 0 unspecified atom stereocenters. The van der Waals surface area contributed by atoms with E-state index in [4.69, 9.17) is 23.7 Å². The number of fused-ring (bicyclic) bond motifs is 1. The summed E-state index contributed by atoms with van der Waals surface area (Å²) in [6.07, 6.45) is 0.406. The first-order valence-electron chi connectivity index (χ1n) is 13.2. The molecule has 2 heterocycles. The molecule has 0 N–H and O–H groups in total. The first-order valence-corrected chi connectivity index (χ1v) is 13.2. The monoisotopic (exact) mass is 517 g/mol. The summed E-state index contributed by atoms with van der Waals surface area (Å²) in [7, 11) is 1.65. The molecular formula is C31H35NO6. The zero-order valence-electron chi connectivity index (χ0n) is 21.7. The average molecular weight is 518 g/mol. The molecule has 2 saturated heterocycles. The zero-order chi connectivity index (χ0) is 26.2. The van der Waals surface area contributed by atoms with Crippen LogP contribution in [0, 0.1) is 0 Å². The summed E-state index contributed by atoms with van der Waals surface area (Å²) in [5.41, 5.74) is 3.27. The fraction of sp³-hybridized carbons (Fsp3) is 0.387. The largest absolute Gasteiger partial charge is 0.497 e. The van der Waals surface area contributed by atoms with Crippen molar-refractivity contribution in [1.82, 2.24) is 4.90 Å². The smallest absolute Gasteiger partial charge is 0.410 e. The highest BCUT2D eigenvalue weighted by Gasteiger charge is 2.55. The van der Waals surface area contributed by atoms with Gasteiger partial charge in [-0.05, 0) is 41.7 Å². The molecule has 38 heavy (non-hydrogen) atoms. The van der Waals surface area contributed by atoms with Crippen LogP contribution in [0.1, 0.15) is 29.5 Å². The molecule has 0 saturated carbocycles. The maximum absolute atomic E-state index is 12.8. The third-order valence-electron chi connectivity index (χ3n) is 7.10. The highest BCUT2D eigenvalue weighted by Crippen LogP contribution is 2.36. The number of benzene rings is 3. The molecule has 0 bridgehead atoms. The number of amides is 1. The van der Waals surface area contributed by atoms with Gasteiger partial charge < -0.3 is 23.7 Å². The Morgan fingerprint density at radius 3 is 2.11 bits per heavy atom.